The van der Waals surface area contributed by atoms with Crippen LogP contribution in [-0.4, -0.2) is 32.4 Å². The minimum absolute atomic E-state index is 0.178. The van der Waals surface area contributed by atoms with Crippen molar-refractivity contribution in [1.82, 2.24) is 0 Å². The van der Waals surface area contributed by atoms with Crippen LogP contribution in [0, 0.1) is 5.82 Å². The Morgan fingerprint density at radius 2 is 1.64 bits per heavy atom. The number of halogens is 1. The third-order valence-corrected chi connectivity index (χ3v) is 4.82. The minimum Gasteiger partial charge on any atom is -0.496 e. The van der Waals surface area contributed by atoms with Gasteiger partial charge in [-0.1, -0.05) is 6.07 Å². The number of aliphatic carboxylic acids is 1. The molecule has 0 saturated heterocycles. The van der Waals surface area contributed by atoms with Crippen LogP contribution < -0.4 is 14.2 Å². The van der Waals surface area contributed by atoms with E-state index in [4.69, 9.17) is 14.2 Å². The van der Waals surface area contributed by atoms with Gasteiger partial charge in [-0.2, -0.15) is 0 Å². The van der Waals surface area contributed by atoms with Crippen molar-refractivity contribution in [2.24, 2.45) is 0 Å². The molecule has 146 valence electrons. The number of hydrogen-bond acceptors (Lipinski definition) is 4. The van der Waals surface area contributed by atoms with Crippen molar-refractivity contribution in [3.8, 4) is 17.2 Å². The number of ether oxygens (including phenoxy) is 3. The van der Waals surface area contributed by atoms with Crippen molar-refractivity contribution >= 4 is 23.2 Å². The average molecular weight is 384 g/mol. The molecule has 0 aromatic heterocycles. The average Bonchev–Trinajstić information content (AvgIpc) is 2.92. The van der Waals surface area contributed by atoms with Crippen LogP contribution in [0.2, 0.25) is 0 Å². The smallest absolute Gasteiger partial charge is 0.307 e. The van der Waals surface area contributed by atoms with Gasteiger partial charge in [0.15, 0.2) is 11.5 Å². The van der Waals surface area contributed by atoms with Gasteiger partial charge in [0, 0.05) is 11.6 Å². The summed E-state index contributed by atoms with van der Waals surface area (Å²) in [7, 11) is 4.65. The summed E-state index contributed by atoms with van der Waals surface area (Å²) in [6.07, 6.45) is 1.71. The lowest BCUT2D eigenvalue weighted by atomic mass is 10.00. The quantitative estimate of drug-likeness (QED) is 0.785. The molecule has 0 spiro atoms. The maximum Gasteiger partial charge on any atom is 0.307 e. The number of allylic oxidation sites excluding steroid dienone is 2. The molecule has 3 rings (SSSR count). The summed E-state index contributed by atoms with van der Waals surface area (Å²) in [4.78, 5) is 11.3. The summed E-state index contributed by atoms with van der Waals surface area (Å²) in [5, 5.41) is 9.27. The molecule has 0 fully saturated rings. The minimum atomic E-state index is -0.963. The molecule has 0 aliphatic heterocycles. The highest BCUT2D eigenvalue weighted by molar-refractivity contribution is 6.07. The van der Waals surface area contributed by atoms with E-state index in [9.17, 15) is 14.3 Å². The third kappa shape index (κ3) is 3.45. The van der Waals surface area contributed by atoms with Crippen LogP contribution in [0.1, 0.15) is 30.0 Å². The van der Waals surface area contributed by atoms with Crippen LogP contribution in [0.3, 0.4) is 0 Å². The number of fused-ring (bicyclic) bond motifs is 1. The topological polar surface area (TPSA) is 65.0 Å². The molecule has 0 heterocycles. The predicted octanol–water partition coefficient (Wildman–Crippen LogP) is 4.65. The molecule has 0 unspecified atom stereocenters. The van der Waals surface area contributed by atoms with Gasteiger partial charge in [0.1, 0.15) is 11.6 Å². The lowest BCUT2D eigenvalue weighted by Gasteiger charge is -2.13. The van der Waals surface area contributed by atoms with E-state index in [1.54, 1.807) is 39.5 Å². The lowest BCUT2D eigenvalue weighted by molar-refractivity contribution is -0.135. The first kappa shape index (κ1) is 19.5. The summed E-state index contributed by atoms with van der Waals surface area (Å²) < 4.78 is 30.0. The Kier molecular flexibility index (Phi) is 5.40. The van der Waals surface area contributed by atoms with Gasteiger partial charge >= 0.3 is 5.97 Å². The number of methoxy groups -OCH3 is 3. The molecule has 0 radical (unpaired) electrons. The molecule has 5 nitrogen and oxygen atoms in total. The number of rotatable bonds is 6. The first-order chi connectivity index (χ1) is 13.4. The summed E-state index contributed by atoms with van der Waals surface area (Å²) in [6, 6.07) is 7.93. The van der Waals surface area contributed by atoms with Crippen molar-refractivity contribution < 1.29 is 28.5 Å². The van der Waals surface area contributed by atoms with E-state index in [1.165, 1.54) is 12.1 Å². The summed E-state index contributed by atoms with van der Waals surface area (Å²) in [5.74, 6) is 0.288. The maximum absolute atomic E-state index is 13.8. The van der Waals surface area contributed by atoms with Gasteiger partial charge in [-0.25, -0.2) is 4.39 Å². The highest BCUT2D eigenvalue weighted by Crippen LogP contribution is 2.45. The number of carbonyl (C=O) groups is 1. The molecule has 1 aliphatic rings. The van der Waals surface area contributed by atoms with E-state index in [0.29, 0.717) is 28.4 Å². The Morgan fingerprint density at radius 1 is 1.00 bits per heavy atom. The van der Waals surface area contributed by atoms with Crippen LogP contribution >= 0.6 is 0 Å². The van der Waals surface area contributed by atoms with Crippen LogP contribution in [0.5, 0.6) is 17.2 Å². The van der Waals surface area contributed by atoms with Crippen molar-refractivity contribution in [1.29, 1.82) is 0 Å². The molecule has 0 atom stereocenters. The zero-order valence-electron chi connectivity index (χ0n) is 16.1. The van der Waals surface area contributed by atoms with Crippen LogP contribution in [0.25, 0.3) is 17.2 Å². The third-order valence-electron chi connectivity index (χ3n) is 4.82. The van der Waals surface area contributed by atoms with Crippen LogP contribution in [0.15, 0.2) is 35.9 Å². The van der Waals surface area contributed by atoms with Gasteiger partial charge in [-0.05, 0) is 59.0 Å². The molecule has 0 saturated carbocycles. The molecular weight excluding hydrogens is 363 g/mol. The fraction of sp³-hybridized carbons (Fsp3) is 0.227. The molecule has 2 aromatic carbocycles. The predicted molar refractivity (Wildman–Crippen MR) is 105 cm³/mol. The van der Waals surface area contributed by atoms with Crippen molar-refractivity contribution in [2.75, 3.05) is 21.3 Å². The van der Waals surface area contributed by atoms with E-state index < -0.39 is 11.8 Å². The molecule has 6 heteroatoms. The monoisotopic (exact) mass is 384 g/mol. The standard InChI is InChI=1S/C22H21FO5/c1-12-16(7-13-8-20(27-3)21(28-4)11-19(13)26-2)15-6-5-14(23)9-18(15)17(12)10-22(24)25/h5-9,11H,10H2,1-4H3,(H,24,25)/b16-7-. The zero-order chi connectivity index (χ0) is 20.4. The first-order valence-electron chi connectivity index (χ1n) is 8.63. The molecule has 2 aromatic rings. The number of carboxylic acids is 1. The Balaban J connectivity index is 2.22. The molecule has 28 heavy (non-hydrogen) atoms. The van der Waals surface area contributed by atoms with E-state index in [0.717, 1.165) is 22.3 Å². The fourth-order valence-electron chi connectivity index (χ4n) is 3.45. The van der Waals surface area contributed by atoms with Gasteiger partial charge in [0.25, 0.3) is 0 Å². The van der Waals surface area contributed by atoms with Crippen molar-refractivity contribution in [3.05, 3.63) is 58.4 Å². The maximum atomic E-state index is 13.8. The molecule has 1 N–H and O–H groups in total. The van der Waals surface area contributed by atoms with Gasteiger partial charge in [-0.15, -0.1) is 0 Å². The van der Waals surface area contributed by atoms with E-state index >= 15 is 0 Å². The second-order valence-electron chi connectivity index (χ2n) is 6.37. The SMILES string of the molecule is COc1cc(OC)c(OC)cc1/C=C1/C(C)=C(CC(=O)O)c2cc(F)ccc21. The van der Waals surface area contributed by atoms with Gasteiger partial charge < -0.3 is 19.3 Å². The second kappa shape index (κ2) is 7.76. The molecule has 1 aliphatic carbocycles. The highest BCUT2D eigenvalue weighted by Gasteiger charge is 2.26. The number of benzene rings is 2. The first-order valence-corrected chi connectivity index (χ1v) is 8.63. The zero-order valence-corrected chi connectivity index (χ0v) is 16.1. The molecule has 0 bridgehead atoms. The Hall–Kier alpha value is -3.28. The van der Waals surface area contributed by atoms with Crippen LogP contribution in [0.4, 0.5) is 4.39 Å². The fourth-order valence-corrected chi connectivity index (χ4v) is 3.45. The summed E-state index contributed by atoms with van der Waals surface area (Å²) >= 11 is 0. The highest BCUT2D eigenvalue weighted by atomic mass is 19.1. The Labute approximate surface area is 162 Å². The van der Waals surface area contributed by atoms with E-state index in [2.05, 4.69) is 0 Å². The molecule has 0 amide bonds. The normalized spacial score (nSPS) is 14.2. The van der Waals surface area contributed by atoms with E-state index in [1.807, 2.05) is 13.0 Å². The largest absolute Gasteiger partial charge is 0.496 e. The van der Waals surface area contributed by atoms with Crippen molar-refractivity contribution in [3.63, 3.8) is 0 Å². The van der Waals surface area contributed by atoms with Crippen LogP contribution in [-0.2, 0) is 4.79 Å². The van der Waals surface area contributed by atoms with E-state index in [-0.39, 0.29) is 6.42 Å². The lowest BCUT2D eigenvalue weighted by Crippen LogP contribution is -1.97. The van der Waals surface area contributed by atoms with Gasteiger partial charge in [0.2, 0.25) is 0 Å². The Bertz CT molecular complexity index is 1000. The Morgan fingerprint density at radius 3 is 2.25 bits per heavy atom. The summed E-state index contributed by atoms with van der Waals surface area (Å²) in [5.41, 5.74) is 4.34. The van der Waals surface area contributed by atoms with Crippen molar-refractivity contribution in [2.45, 2.75) is 13.3 Å². The number of hydrogen-bond donors (Lipinski definition) is 1. The molecular formula is C22H21FO5. The van der Waals surface area contributed by atoms with Gasteiger partial charge in [-0.3, -0.25) is 4.79 Å². The van der Waals surface area contributed by atoms with Gasteiger partial charge in [0.05, 0.1) is 27.8 Å². The second-order valence-corrected chi connectivity index (χ2v) is 6.37. The number of carboxylic acid groups (broad SMARTS) is 1. The summed E-state index contributed by atoms with van der Waals surface area (Å²) in [6.45, 7) is 1.84.